The minimum atomic E-state index is -2.18. The summed E-state index contributed by atoms with van der Waals surface area (Å²) in [4.78, 5) is 12.1. The third-order valence-electron chi connectivity index (χ3n) is 8.13. The van der Waals surface area contributed by atoms with Crippen LogP contribution in [0.15, 0.2) is 0 Å². The van der Waals surface area contributed by atoms with Crippen LogP contribution >= 0.6 is 0 Å². The van der Waals surface area contributed by atoms with Crippen LogP contribution in [-0.2, 0) is 38.0 Å². The number of hydrogen-bond donors (Lipinski definition) is 13. The van der Waals surface area contributed by atoms with E-state index >= 15 is 0 Å². The number of aliphatic hydroxyl groups excluding tert-OH is 12. The van der Waals surface area contributed by atoms with E-state index in [9.17, 15) is 71.2 Å². The normalized spacial score (nSPS) is 52.8. The molecule has 21 heteroatoms. The highest BCUT2D eigenvalue weighted by Crippen LogP contribution is 2.34. The van der Waals surface area contributed by atoms with E-state index in [4.69, 9.17) is 33.2 Å². The van der Waals surface area contributed by atoms with Crippen molar-refractivity contribution >= 4 is 5.97 Å². The second-order valence-electron chi connectivity index (χ2n) is 11.2. The van der Waals surface area contributed by atoms with Crippen molar-refractivity contribution in [2.75, 3.05) is 13.2 Å². The zero-order valence-corrected chi connectivity index (χ0v) is 23.5. The number of carboxylic acid groups (broad SMARTS) is 1. The smallest absolute Gasteiger partial charge is 0.335 e. The lowest BCUT2D eigenvalue weighted by molar-refractivity contribution is -0.383. The average molecular weight is 665 g/mol. The summed E-state index contributed by atoms with van der Waals surface area (Å²) in [6.07, 6.45) is -36.8. The molecule has 0 aromatic carbocycles. The minimum Gasteiger partial charge on any atom is -0.479 e. The number of aliphatic hydroxyl groups is 12. The molecule has 4 aliphatic heterocycles. The molecule has 0 amide bonds. The van der Waals surface area contributed by atoms with Gasteiger partial charge in [0, 0.05) is 0 Å². The SMILES string of the molecule is C[C@@H]1OC(O)[C@@H](O)[C@H](O[C@H]2O[C@H](C(=O)O)[C@@H](O[C@@H]3O[C@H](CO)[C@@H](O[C@@H]4O[C@H](CO)[C@@H](O)[C@H](O)[C@H]4O)[C@H](O)[C@H]3O)[C@H](O)[C@H]2O)[C@@H]1O. The van der Waals surface area contributed by atoms with Crippen molar-refractivity contribution in [1.82, 2.24) is 0 Å². The Kier molecular flexibility index (Phi) is 12.1. The molecule has 4 rings (SSSR count). The molecule has 262 valence electrons. The fourth-order valence-electron chi connectivity index (χ4n) is 5.45. The second-order valence-corrected chi connectivity index (χ2v) is 11.2. The molecule has 4 fully saturated rings. The number of carbonyl (C=O) groups is 1. The van der Waals surface area contributed by atoms with Gasteiger partial charge in [-0.15, -0.1) is 0 Å². The molecule has 20 atom stereocenters. The van der Waals surface area contributed by atoms with E-state index in [2.05, 4.69) is 0 Å². The third kappa shape index (κ3) is 7.26. The Balaban J connectivity index is 1.46. The molecule has 13 N–H and O–H groups in total. The lowest BCUT2D eigenvalue weighted by Crippen LogP contribution is -2.67. The van der Waals surface area contributed by atoms with Gasteiger partial charge in [0.05, 0.1) is 19.3 Å². The second kappa shape index (κ2) is 14.9. The van der Waals surface area contributed by atoms with Crippen molar-refractivity contribution in [3.63, 3.8) is 0 Å². The standard InChI is InChI=1S/C24H40O21/c1-4-7(27)17(15(35)21(38)39-4)43-24-14(34)11(31)18(19(45-24)20(36)37)44-23-13(33)10(30)16(6(3-26)41-23)42-22-12(32)9(29)8(28)5(2-25)40-22/h4-19,21-35,38H,2-3H2,1H3,(H,36,37)/t4-,5+,6+,7+,8+,9-,10+,11+,12+,13+,14+,15-,16+,17+,18-,19-,21?,22-,23-,24-/m0/s1. The maximum atomic E-state index is 12.1. The van der Waals surface area contributed by atoms with E-state index in [0.29, 0.717) is 0 Å². The van der Waals surface area contributed by atoms with E-state index in [1.165, 1.54) is 6.92 Å². The van der Waals surface area contributed by atoms with Crippen LogP contribution in [-0.4, -0.2) is 208 Å². The summed E-state index contributed by atoms with van der Waals surface area (Å²) in [6.45, 7) is -0.422. The van der Waals surface area contributed by atoms with Gasteiger partial charge in [-0.1, -0.05) is 0 Å². The van der Waals surface area contributed by atoms with Gasteiger partial charge in [-0.2, -0.15) is 0 Å². The van der Waals surface area contributed by atoms with Gasteiger partial charge in [-0.05, 0) is 6.92 Å². The van der Waals surface area contributed by atoms with E-state index < -0.39 is 142 Å². The predicted octanol–water partition coefficient (Wildman–Crippen LogP) is -8.63. The monoisotopic (exact) mass is 664 g/mol. The fourth-order valence-corrected chi connectivity index (χ4v) is 5.45. The number of carboxylic acids is 1. The lowest BCUT2D eigenvalue weighted by Gasteiger charge is -2.48. The molecule has 0 spiro atoms. The van der Waals surface area contributed by atoms with Crippen molar-refractivity contribution in [2.24, 2.45) is 0 Å². The van der Waals surface area contributed by atoms with E-state index in [0.717, 1.165) is 0 Å². The van der Waals surface area contributed by atoms with Crippen molar-refractivity contribution < 1.29 is 104 Å². The average Bonchev–Trinajstić information content (AvgIpc) is 3.00. The van der Waals surface area contributed by atoms with Gasteiger partial charge in [0.2, 0.25) is 0 Å². The van der Waals surface area contributed by atoms with Crippen LogP contribution < -0.4 is 0 Å². The van der Waals surface area contributed by atoms with Crippen molar-refractivity contribution in [3.8, 4) is 0 Å². The van der Waals surface area contributed by atoms with Crippen LogP contribution in [0.4, 0.5) is 0 Å². The Morgan fingerprint density at radius 3 is 1.56 bits per heavy atom. The van der Waals surface area contributed by atoms with Crippen molar-refractivity contribution in [1.29, 1.82) is 0 Å². The van der Waals surface area contributed by atoms with Crippen LogP contribution in [0.25, 0.3) is 0 Å². The maximum Gasteiger partial charge on any atom is 0.335 e. The molecule has 0 saturated carbocycles. The summed E-state index contributed by atoms with van der Waals surface area (Å²) in [6, 6.07) is 0. The van der Waals surface area contributed by atoms with Gasteiger partial charge >= 0.3 is 5.97 Å². The molecule has 21 nitrogen and oxygen atoms in total. The van der Waals surface area contributed by atoms with Gasteiger partial charge in [0.15, 0.2) is 31.3 Å². The molecular weight excluding hydrogens is 624 g/mol. The molecule has 0 aromatic heterocycles. The first-order chi connectivity index (χ1) is 21.1. The fraction of sp³-hybridized carbons (Fsp3) is 0.958. The molecular formula is C24H40O21. The Morgan fingerprint density at radius 2 is 1.00 bits per heavy atom. The Labute approximate surface area is 253 Å². The summed E-state index contributed by atoms with van der Waals surface area (Å²) in [7, 11) is 0. The van der Waals surface area contributed by atoms with Crippen LogP contribution in [0.5, 0.6) is 0 Å². The zero-order chi connectivity index (χ0) is 33.5. The highest BCUT2D eigenvalue weighted by molar-refractivity contribution is 5.73. The van der Waals surface area contributed by atoms with E-state index in [1.807, 2.05) is 0 Å². The van der Waals surface area contributed by atoms with Gasteiger partial charge < -0.3 is 99.5 Å². The molecule has 0 aromatic rings. The molecule has 1 unspecified atom stereocenters. The van der Waals surface area contributed by atoms with Gasteiger partial charge in [-0.3, -0.25) is 0 Å². The first-order valence-electron chi connectivity index (χ1n) is 14.0. The first-order valence-corrected chi connectivity index (χ1v) is 14.0. The van der Waals surface area contributed by atoms with Gasteiger partial charge in [0.1, 0.15) is 85.5 Å². The Bertz CT molecular complexity index is 957. The van der Waals surface area contributed by atoms with Gasteiger partial charge in [0.25, 0.3) is 0 Å². The number of ether oxygens (including phenoxy) is 7. The summed E-state index contributed by atoms with van der Waals surface area (Å²) in [5.74, 6) is -1.78. The quantitative estimate of drug-likeness (QED) is 0.109. The van der Waals surface area contributed by atoms with E-state index in [-0.39, 0.29) is 0 Å². The largest absolute Gasteiger partial charge is 0.479 e. The van der Waals surface area contributed by atoms with Crippen LogP contribution in [0.2, 0.25) is 0 Å². The number of rotatable bonds is 9. The Hall–Kier alpha value is -1.29. The van der Waals surface area contributed by atoms with Crippen LogP contribution in [0, 0.1) is 0 Å². The molecule has 0 radical (unpaired) electrons. The molecule has 4 heterocycles. The topological polar surface area (TPSA) is 345 Å². The number of hydrogen-bond acceptors (Lipinski definition) is 20. The molecule has 0 bridgehead atoms. The van der Waals surface area contributed by atoms with Crippen molar-refractivity contribution in [2.45, 2.75) is 130 Å². The number of aliphatic carboxylic acids is 1. The first kappa shape index (κ1) is 36.5. The molecule has 4 aliphatic rings. The maximum absolute atomic E-state index is 12.1. The molecule has 45 heavy (non-hydrogen) atoms. The highest BCUT2D eigenvalue weighted by atomic mass is 16.8. The highest BCUT2D eigenvalue weighted by Gasteiger charge is 2.56. The summed E-state index contributed by atoms with van der Waals surface area (Å²) in [5.41, 5.74) is 0. The summed E-state index contributed by atoms with van der Waals surface area (Å²) in [5, 5.41) is 133. The summed E-state index contributed by atoms with van der Waals surface area (Å²) < 4.78 is 37.1. The minimum absolute atomic E-state index is 0.803. The summed E-state index contributed by atoms with van der Waals surface area (Å²) >= 11 is 0. The van der Waals surface area contributed by atoms with Crippen LogP contribution in [0.1, 0.15) is 6.92 Å². The lowest BCUT2D eigenvalue weighted by atomic mass is 9.95. The van der Waals surface area contributed by atoms with Gasteiger partial charge in [-0.25, -0.2) is 4.79 Å². The molecule has 0 aliphatic carbocycles. The Morgan fingerprint density at radius 1 is 0.533 bits per heavy atom. The predicted molar refractivity (Wildman–Crippen MR) is 133 cm³/mol. The van der Waals surface area contributed by atoms with E-state index in [1.54, 1.807) is 0 Å². The zero-order valence-electron chi connectivity index (χ0n) is 23.5. The molecule has 4 saturated heterocycles. The van der Waals surface area contributed by atoms with Crippen molar-refractivity contribution in [3.05, 3.63) is 0 Å². The third-order valence-corrected chi connectivity index (χ3v) is 8.13. The van der Waals surface area contributed by atoms with Crippen LogP contribution in [0.3, 0.4) is 0 Å².